The number of β-lactam (4-membered cyclic amide) rings is 1. The Kier molecular flexibility index (Phi) is 9.12. The van der Waals surface area contributed by atoms with E-state index in [4.69, 9.17) is 9.57 Å². The summed E-state index contributed by atoms with van der Waals surface area (Å²) in [6.45, 7) is 0. The standard InChI is InChI=1S/C30H28N6O5S3/c1-34-30(31-32-33-34)44-18-21-17-43-28-25(36(40-2)23(37)16-22-14-9-15-42-22)27(38)35(28)24(21)29(39)41-26(19-10-5-3-6-11-19)20-12-7-4-8-13-20/h3-15,25-26,28H,16-18H2,1-2H3. The highest BCUT2D eigenvalue weighted by molar-refractivity contribution is 8.01. The van der Waals surface area contributed by atoms with Gasteiger partial charge >= 0.3 is 5.97 Å². The maximum absolute atomic E-state index is 14.2. The van der Waals surface area contributed by atoms with E-state index in [0.717, 1.165) is 21.1 Å². The Morgan fingerprint density at radius 1 is 1.07 bits per heavy atom. The van der Waals surface area contributed by atoms with Crippen molar-refractivity contribution in [1.82, 2.24) is 30.2 Å². The molecule has 2 aliphatic rings. The van der Waals surface area contributed by atoms with E-state index in [2.05, 4.69) is 15.5 Å². The van der Waals surface area contributed by atoms with Gasteiger partial charge in [-0.25, -0.2) is 14.5 Å². The number of carbonyl (C=O) groups excluding carboxylic acids is 3. The summed E-state index contributed by atoms with van der Waals surface area (Å²) in [7, 11) is 3.11. The number of carbonyl (C=O) groups is 3. The Bertz CT molecular complexity index is 1630. The molecule has 2 atom stereocenters. The molecule has 2 aliphatic heterocycles. The quantitative estimate of drug-likeness (QED) is 0.103. The van der Waals surface area contributed by atoms with Crippen LogP contribution in [0.1, 0.15) is 22.1 Å². The number of ether oxygens (including phenoxy) is 1. The predicted molar refractivity (Wildman–Crippen MR) is 166 cm³/mol. The lowest BCUT2D eigenvalue weighted by Crippen LogP contribution is -2.71. The van der Waals surface area contributed by atoms with Crippen LogP contribution in [0.15, 0.2) is 94.6 Å². The Morgan fingerprint density at radius 2 is 1.77 bits per heavy atom. The fourth-order valence-electron chi connectivity index (χ4n) is 5.10. The first kappa shape index (κ1) is 30.1. The average Bonchev–Trinajstić information content (AvgIpc) is 3.72. The molecule has 44 heavy (non-hydrogen) atoms. The van der Waals surface area contributed by atoms with Crippen LogP contribution in [0.5, 0.6) is 0 Å². The van der Waals surface area contributed by atoms with Gasteiger partial charge < -0.3 is 4.74 Å². The fourth-order valence-corrected chi connectivity index (χ4v) is 8.16. The zero-order valence-corrected chi connectivity index (χ0v) is 26.3. The summed E-state index contributed by atoms with van der Waals surface area (Å²) in [5, 5.41) is 14.7. The SMILES string of the molecule is CON(C(=O)Cc1cccs1)C1C(=O)N2C(C(=O)OC(c3ccccc3)c3ccccc3)=C(CSc3nnnn3C)CSC12. The lowest BCUT2D eigenvalue weighted by Gasteiger charge is -2.52. The van der Waals surface area contributed by atoms with Gasteiger partial charge in [0.15, 0.2) is 12.1 Å². The summed E-state index contributed by atoms with van der Waals surface area (Å²) in [5.74, 6) is -0.564. The molecule has 2 aromatic heterocycles. The molecule has 0 aliphatic carbocycles. The Morgan fingerprint density at radius 3 is 2.36 bits per heavy atom. The second-order valence-corrected chi connectivity index (χ2v) is 13.0. The third-order valence-electron chi connectivity index (χ3n) is 7.20. The van der Waals surface area contributed by atoms with E-state index in [9.17, 15) is 14.4 Å². The van der Waals surface area contributed by atoms with E-state index < -0.39 is 29.4 Å². The number of hydrogen-bond donors (Lipinski definition) is 0. The van der Waals surface area contributed by atoms with E-state index in [1.807, 2.05) is 78.2 Å². The average molecular weight is 649 g/mol. The zero-order chi connectivity index (χ0) is 30.6. The van der Waals surface area contributed by atoms with Crippen molar-refractivity contribution >= 4 is 52.6 Å². The Hall–Kier alpha value is -3.98. The molecule has 0 saturated carbocycles. The van der Waals surface area contributed by atoms with Crippen molar-refractivity contribution in [2.75, 3.05) is 18.6 Å². The van der Waals surface area contributed by atoms with Gasteiger partial charge in [0.25, 0.3) is 11.8 Å². The van der Waals surface area contributed by atoms with Gasteiger partial charge in [0.05, 0.1) is 13.5 Å². The summed E-state index contributed by atoms with van der Waals surface area (Å²) in [6, 6.07) is 21.8. The first-order chi connectivity index (χ1) is 21.5. The van der Waals surface area contributed by atoms with Crippen LogP contribution in [-0.2, 0) is 37.4 Å². The third-order valence-corrected chi connectivity index (χ3v) is 10.5. The molecule has 0 bridgehead atoms. The number of hydroxylamine groups is 2. The van der Waals surface area contributed by atoms with Crippen molar-refractivity contribution in [3.05, 3.63) is 105 Å². The molecule has 2 unspecified atom stereocenters. The molecule has 4 heterocycles. The van der Waals surface area contributed by atoms with Crippen LogP contribution in [0.4, 0.5) is 0 Å². The van der Waals surface area contributed by atoms with Crippen LogP contribution in [0.3, 0.4) is 0 Å². The number of nitrogens with zero attached hydrogens (tertiary/aromatic N) is 6. The second-order valence-electron chi connectivity index (χ2n) is 9.95. The topological polar surface area (TPSA) is 120 Å². The van der Waals surface area contributed by atoms with Crippen LogP contribution < -0.4 is 0 Å². The van der Waals surface area contributed by atoms with Crippen molar-refractivity contribution in [1.29, 1.82) is 0 Å². The normalized spacial score (nSPS) is 17.8. The molecule has 4 aromatic rings. The van der Waals surface area contributed by atoms with Crippen molar-refractivity contribution in [2.45, 2.75) is 29.1 Å². The fraction of sp³-hybridized carbons (Fsp3) is 0.267. The lowest BCUT2D eigenvalue weighted by atomic mass is 10.0. The van der Waals surface area contributed by atoms with Crippen molar-refractivity contribution in [3.8, 4) is 0 Å². The lowest BCUT2D eigenvalue weighted by molar-refractivity contribution is -0.208. The molecule has 0 spiro atoms. The van der Waals surface area contributed by atoms with E-state index in [1.165, 1.54) is 46.9 Å². The van der Waals surface area contributed by atoms with Crippen LogP contribution in [0.25, 0.3) is 0 Å². The van der Waals surface area contributed by atoms with Crippen LogP contribution in [0.2, 0.25) is 0 Å². The van der Waals surface area contributed by atoms with Crippen LogP contribution in [-0.4, -0.2) is 78.0 Å². The third kappa shape index (κ3) is 6.02. The number of aromatic nitrogens is 4. The maximum atomic E-state index is 14.2. The summed E-state index contributed by atoms with van der Waals surface area (Å²) < 4.78 is 7.77. The molecule has 0 N–H and O–H groups in total. The maximum Gasteiger partial charge on any atom is 0.356 e. The molecular weight excluding hydrogens is 621 g/mol. The monoisotopic (exact) mass is 648 g/mol. The number of amides is 2. The smallest absolute Gasteiger partial charge is 0.356 e. The summed E-state index contributed by atoms with van der Waals surface area (Å²) in [5.41, 5.74) is 2.49. The van der Waals surface area contributed by atoms with Crippen LogP contribution in [0, 0.1) is 0 Å². The minimum atomic E-state index is -0.878. The predicted octanol–water partition coefficient (Wildman–Crippen LogP) is 3.87. The molecule has 2 amide bonds. The number of benzene rings is 2. The highest BCUT2D eigenvalue weighted by atomic mass is 32.2. The van der Waals surface area contributed by atoms with Gasteiger partial charge in [-0.2, -0.15) is 0 Å². The molecule has 226 valence electrons. The van der Waals surface area contributed by atoms with Crippen molar-refractivity contribution < 1.29 is 24.0 Å². The number of aryl methyl sites for hydroxylation is 1. The van der Waals surface area contributed by atoms with Crippen LogP contribution >= 0.6 is 34.9 Å². The molecule has 0 radical (unpaired) electrons. The van der Waals surface area contributed by atoms with E-state index >= 15 is 0 Å². The van der Waals surface area contributed by atoms with E-state index in [-0.39, 0.29) is 18.0 Å². The number of fused-ring (bicyclic) bond motifs is 1. The Labute approximate surface area is 266 Å². The minimum absolute atomic E-state index is 0.112. The molecule has 6 rings (SSSR count). The summed E-state index contributed by atoms with van der Waals surface area (Å²) >= 11 is 4.30. The van der Waals surface area contributed by atoms with Gasteiger partial charge in [-0.3, -0.25) is 19.3 Å². The van der Waals surface area contributed by atoms with Gasteiger partial charge in [-0.1, -0.05) is 78.5 Å². The summed E-state index contributed by atoms with van der Waals surface area (Å²) in [4.78, 5) is 49.0. The molecule has 11 nitrogen and oxygen atoms in total. The highest BCUT2D eigenvalue weighted by Gasteiger charge is 2.58. The highest BCUT2D eigenvalue weighted by Crippen LogP contribution is 2.44. The molecule has 1 saturated heterocycles. The molecular formula is C30H28N6O5S3. The second kappa shape index (κ2) is 13.3. The molecule has 1 fully saturated rings. The molecule has 14 heteroatoms. The van der Waals surface area contributed by atoms with E-state index in [1.54, 1.807) is 11.7 Å². The first-order valence-corrected chi connectivity index (χ1v) is 16.6. The number of thioether (sulfide) groups is 2. The van der Waals surface area contributed by atoms with Crippen molar-refractivity contribution in [2.24, 2.45) is 7.05 Å². The number of hydrogen-bond acceptors (Lipinski definition) is 11. The van der Waals surface area contributed by atoms with Gasteiger partial charge in [-0.15, -0.1) is 28.2 Å². The number of rotatable bonds is 11. The van der Waals surface area contributed by atoms with Gasteiger partial charge in [0.2, 0.25) is 5.16 Å². The first-order valence-electron chi connectivity index (χ1n) is 13.7. The number of esters is 1. The number of thiophene rings is 1. The summed E-state index contributed by atoms with van der Waals surface area (Å²) in [6.07, 6.45) is -0.585. The molecule has 2 aromatic carbocycles. The van der Waals surface area contributed by atoms with Gasteiger partial charge in [0, 0.05) is 23.4 Å². The Balaban J connectivity index is 1.31. The largest absolute Gasteiger partial charge is 0.448 e. The number of tetrazole rings is 1. The zero-order valence-electron chi connectivity index (χ0n) is 23.8. The minimum Gasteiger partial charge on any atom is -0.448 e. The van der Waals surface area contributed by atoms with Gasteiger partial charge in [-0.05, 0) is 38.6 Å². The van der Waals surface area contributed by atoms with Crippen molar-refractivity contribution in [3.63, 3.8) is 0 Å². The van der Waals surface area contributed by atoms with Gasteiger partial charge in [0.1, 0.15) is 11.1 Å². The van der Waals surface area contributed by atoms with E-state index in [0.29, 0.717) is 22.2 Å².